The first kappa shape index (κ1) is 27.3. The third-order valence-electron chi connectivity index (χ3n) is 5.61. The van der Waals surface area contributed by atoms with Gasteiger partial charge in [-0.2, -0.15) is 0 Å². The Morgan fingerprint density at radius 2 is 1.81 bits per heavy atom. The van der Waals surface area contributed by atoms with Gasteiger partial charge in [0.2, 0.25) is 23.5 Å². The minimum absolute atomic E-state index is 0.221. The van der Waals surface area contributed by atoms with Crippen molar-refractivity contribution in [2.45, 2.75) is 84.8 Å². The van der Waals surface area contributed by atoms with Gasteiger partial charge < -0.3 is 21.3 Å². The van der Waals surface area contributed by atoms with E-state index in [0.29, 0.717) is 12.3 Å². The van der Waals surface area contributed by atoms with E-state index >= 15 is 0 Å². The summed E-state index contributed by atoms with van der Waals surface area (Å²) in [6.07, 6.45) is 6.71. The summed E-state index contributed by atoms with van der Waals surface area (Å²) >= 11 is 0. The fourth-order valence-electron chi connectivity index (χ4n) is 3.22. The fraction of sp³-hybridized carbons (Fsp3) is 0.696. The number of ketones is 1. The van der Waals surface area contributed by atoms with E-state index in [4.69, 9.17) is 0 Å². The van der Waals surface area contributed by atoms with Gasteiger partial charge in [-0.1, -0.05) is 40.2 Å². The van der Waals surface area contributed by atoms with Crippen LogP contribution in [0.15, 0.2) is 12.2 Å². The molecular weight excluding hydrogens is 412 g/mol. The van der Waals surface area contributed by atoms with Gasteiger partial charge in [-0.25, -0.2) is 0 Å². The van der Waals surface area contributed by atoms with Crippen molar-refractivity contribution < 1.29 is 24.0 Å². The van der Waals surface area contributed by atoms with Gasteiger partial charge in [-0.15, -0.1) is 0 Å². The van der Waals surface area contributed by atoms with Crippen molar-refractivity contribution in [3.05, 3.63) is 12.2 Å². The second-order valence-electron chi connectivity index (χ2n) is 8.78. The van der Waals surface area contributed by atoms with Crippen molar-refractivity contribution in [2.24, 2.45) is 11.8 Å². The van der Waals surface area contributed by atoms with Crippen LogP contribution in [0.2, 0.25) is 0 Å². The molecule has 1 aliphatic rings. The molecule has 0 spiro atoms. The first-order valence-corrected chi connectivity index (χ1v) is 11.5. The molecule has 9 nitrogen and oxygen atoms in total. The van der Waals surface area contributed by atoms with Crippen LogP contribution in [-0.4, -0.2) is 54.1 Å². The molecule has 180 valence electrons. The summed E-state index contributed by atoms with van der Waals surface area (Å²) in [5, 5.41) is 10.3. The predicted molar refractivity (Wildman–Crippen MR) is 121 cm³/mol. The average Bonchev–Trinajstić information content (AvgIpc) is 2.75. The quantitative estimate of drug-likeness (QED) is 0.339. The van der Waals surface area contributed by atoms with Crippen molar-refractivity contribution in [3.8, 4) is 0 Å². The summed E-state index contributed by atoms with van der Waals surface area (Å²) < 4.78 is 0. The summed E-state index contributed by atoms with van der Waals surface area (Å²) in [6.45, 7) is 9.46. The van der Waals surface area contributed by atoms with Gasteiger partial charge in [-0.05, 0) is 50.5 Å². The zero-order chi connectivity index (χ0) is 24.3. The molecule has 4 N–H and O–H groups in total. The largest absolute Gasteiger partial charge is 0.354 e. The van der Waals surface area contributed by atoms with Crippen LogP contribution in [0.25, 0.3) is 0 Å². The molecular formula is C23H38N4O5. The van der Waals surface area contributed by atoms with E-state index in [9.17, 15) is 24.0 Å². The van der Waals surface area contributed by atoms with Gasteiger partial charge >= 0.3 is 0 Å². The van der Waals surface area contributed by atoms with Crippen LogP contribution in [0, 0.1) is 11.8 Å². The molecule has 1 aliphatic heterocycles. The second-order valence-corrected chi connectivity index (χ2v) is 8.78. The molecule has 0 saturated carbocycles. The molecule has 1 fully saturated rings. The van der Waals surface area contributed by atoms with Crippen LogP contribution in [0.4, 0.5) is 0 Å². The van der Waals surface area contributed by atoms with Gasteiger partial charge in [0.15, 0.2) is 0 Å². The molecule has 3 unspecified atom stereocenters. The van der Waals surface area contributed by atoms with Crippen molar-refractivity contribution in [1.29, 1.82) is 0 Å². The first-order chi connectivity index (χ1) is 15.1. The smallest absolute Gasteiger partial charge is 0.290 e. The van der Waals surface area contributed by atoms with Crippen LogP contribution in [0.5, 0.6) is 0 Å². The molecule has 0 aromatic rings. The number of amides is 4. The minimum Gasteiger partial charge on any atom is -0.354 e. The topological polar surface area (TPSA) is 133 Å². The van der Waals surface area contributed by atoms with Crippen LogP contribution in [-0.2, 0) is 24.0 Å². The summed E-state index contributed by atoms with van der Waals surface area (Å²) in [4.78, 5) is 62.1. The number of carbonyl (C=O) groups is 5. The Hall–Kier alpha value is -2.71. The maximum absolute atomic E-state index is 12.7. The average molecular weight is 451 g/mol. The minimum atomic E-state index is -1.09. The SMILES string of the molecule is CCC(C)CC/C=C/C(=O)NC1CCCNC(=O)C(C(C)C)NC(=O)C(=O)[C@H](C)NC1=O. The highest BCUT2D eigenvalue weighted by atomic mass is 16.2. The van der Waals surface area contributed by atoms with E-state index in [1.54, 1.807) is 19.9 Å². The molecule has 32 heavy (non-hydrogen) atoms. The van der Waals surface area contributed by atoms with Crippen LogP contribution < -0.4 is 21.3 Å². The first-order valence-electron chi connectivity index (χ1n) is 11.5. The lowest BCUT2D eigenvalue weighted by molar-refractivity contribution is -0.141. The molecule has 0 radical (unpaired) electrons. The van der Waals surface area contributed by atoms with Gasteiger partial charge in [0.25, 0.3) is 5.91 Å². The molecule has 4 atom stereocenters. The summed E-state index contributed by atoms with van der Waals surface area (Å²) in [7, 11) is 0. The standard InChI is InChI=1S/C23H38N4O5/c1-6-15(4)10-7-8-12-18(28)26-17-11-9-13-24-22(31)19(14(2)3)27-23(32)20(29)16(5)25-21(17)30/h8,12,14-17,19H,6-7,9-11,13H2,1-5H3,(H,24,31)(H,25,30)(H,26,28)(H,27,32)/b12-8+/t15?,16-,17?,19?/m0/s1. The highest BCUT2D eigenvalue weighted by Gasteiger charge is 2.31. The Bertz CT molecular complexity index is 719. The van der Waals surface area contributed by atoms with E-state index in [-0.39, 0.29) is 18.9 Å². The summed E-state index contributed by atoms with van der Waals surface area (Å²) in [6, 6.07) is -2.84. The highest BCUT2D eigenvalue weighted by Crippen LogP contribution is 2.09. The number of allylic oxidation sites excluding steroid dienone is 1. The monoisotopic (exact) mass is 450 g/mol. The van der Waals surface area contributed by atoms with E-state index in [1.807, 2.05) is 0 Å². The number of hydrogen-bond donors (Lipinski definition) is 4. The second kappa shape index (κ2) is 13.6. The van der Waals surface area contributed by atoms with E-state index in [0.717, 1.165) is 19.3 Å². The Labute approximate surface area is 190 Å². The van der Waals surface area contributed by atoms with Gasteiger partial charge in [-0.3, -0.25) is 24.0 Å². The predicted octanol–water partition coefficient (Wildman–Crippen LogP) is 0.978. The van der Waals surface area contributed by atoms with E-state index in [1.165, 1.54) is 13.0 Å². The van der Waals surface area contributed by atoms with Crippen LogP contribution in [0.1, 0.15) is 66.7 Å². The van der Waals surface area contributed by atoms with E-state index in [2.05, 4.69) is 35.1 Å². The molecule has 9 heteroatoms. The number of nitrogens with one attached hydrogen (secondary N) is 4. The lowest BCUT2D eigenvalue weighted by Crippen LogP contribution is -2.55. The maximum Gasteiger partial charge on any atom is 0.290 e. The van der Waals surface area contributed by atoms with Crippen molar-refractivity contribution in [3.63, 3.8) is 0 Å². The Kier molecular flexibility index (Phi) is 11.7. The Balaban J connectivity index is 2.87. The Morgan fingerprint density at radius 1 is 1.12 bits per heavy atom. The summed E-state index contributed by atoms with van der Waals surface area (Å²) in [5.41, 5.74) is 0. The molecule has 0 aromatic carbocycles. The number of Topliss-reactive ketones (excluding diaryl/α,β-unsaturated/α-hetero) is 1. The Morgan fingerprint density at radius 3 is 2.44 bits per heavy atom. The third-order valence-corrected chi connectivity index (χ3v) is 5.61. The number of carbonyl (C=O) groups excluding carboxylic acids is 5. The highest BCUT2D eigenvalue weighted by molar-refractivity contribution is 6.38. The maximum atomic E-state index is 12.7. The third kappa shape index (κ3) is 9.20. The van der Waals surface area contributed by atoms with Crippen molar-refractivity contribution >= 4 is 29.4 Å². The molecule has 0 aliphatic carbocycles. The van der Waals surface area contributed by atoms with Gasteiger partial charge in [0.05, 0.1) is 6.04 Å². The zero-order valence-electron chi connectivity index (χ0n) is 19.8. The number of rotatable bonds is 7. The van der Waals surface area contributed by atoms with Gasteiger partial charge in [0, 0.05) is 6.54 Å². The van der Waals surface area contributed by atoms with Gasteiger partial charge in [0.1, 0.15) is 12.1 Å². The fourth-order valence-corrected chi connectivity index (χ4v) is 3.22. The van der Waals surface area contributed by atoms with Crippen LogP contribution in [0.3, 0.4) is 0 Å². The molecule has 1 rings (SSSR count). The molecule has 0 aromatic heterocycles. The summed E-state index contributed by atoms with van der Waals surface area (Å²) in [5.74, 6) is -2.78. The van der Waals surface area contributed by atoms with E-state index < -0.39 is 47.5 Å². The molecule has 1 heterocycles. The van der Waals surface area contributed by atoms with Crippen molar-refractivity contribution in [2.75, 3.05) is 6.54 Å². The van der Waals surface area contributed by atoms with Crippen molar-refractivity contribution in [1.82, 2.24) is 21.3 Å². The normalized spacial score (nSPS) is 24.6. The lowest BCUT2D eigenvalue weighted by atomic mass is 10.0. The molecule has 1 saturated heterocycles. The van der Waals surface area contributed by atoms with Crippen LogP contribution >= 0.6 is 0 Å². The zero-order valence-corrected chi connectivity index (χ0v) is 19.8. The molecule has 4 amide bonds. The lowest BCUT2D eigenvalue weighted by Gasteiger charge is -2.22. The molecule has 0 bridgehead atoms. The number of hydrogen-bond acceptors (Lipinski definition) is 5.